The Labute approximate surface area is 268 Å². The molecule has 246 valence electrons. The fourth-order valence-electron chi connectivity index (χ4n) is 6.26. The molecule has 0 spiro atoms. The Balaban J connectivity index is 1.61. The number of hydrogen-bond acceptors (Lipinski definition) is 8. The van der Waals surface area contributed by atoms with Crippen molar-refractivity contribution in [1.82, 2.24) is 9.80 Å². The van der Waals surface area contributed by atoms with Gasteiger partial charge in [0.2, 0.25) is 0 Å². The standard InChI is InChI=1S/C33H51N3O6S2/c1-24-20-36(25(2)23-37)33(38)29-19-28(34-44(39,40)32-14-10-18-43-32)15-16-30(29)42-26(3)11-8-9-17-41-31(24)22-35(4)21-27-12-6-5-7-13-27/h10,14-16,18-19,24-27,31,34,37H,5-9,11-13,17,20-23H2,1-4H3/t24-,25+,26+,31-/m1/s1. The molecule has 1 aromatic carbocycles. The van der Waals surface area contributed by atoms with Crippen molar-refractivity contribution in [3.05, 3.63) is 41.3 Å². The van der Waals surface area contributed by atoms with Gasteiger partial charge in [0.05, 0.1) is 30.4 Å². The maximum Gasteiger partial charge on any atom is 0.271 e. The lowest BCUT2D eigenvalue weighted by Crippen LogP contribution is -2.47. The first-order chi connectivity index (χ1) is 21.1. The molecule has 1 aliphatic carbocycles. The molecule has 1 saturated carbocycles. The molecule has 0 unspecified atom stereocenters. The Hall–Kier alpha value is -2.18. The first-order valence-corrected chi connectivity index (χ1v) is 18.5. The predicted octanol–water partition coefficient (Wildman–Crippen LogP) is 5.86. The topological polar surface area (TPSA) is 108 Å². The monoisotopic (exact) mass is 649 g/mol. The molecule has 0 bridgehead atoms. The molecule has 9 nitrogen and oxygen atoms in total. The van der Waals surface area contributed by atoms with Crippen molar-refractivity contribution in [1.29, 1.82) is 0 Å². The third-order valence-corrected chi connectivity index (χ3v) is 11.6. The van der Waals surface area contributed by atoms with E-state index in [1.54, 1.807) is 40.6 Å². The van der Waals surface area contributed by atoms with Crippen molar-refractivity contribution in [3.8, 4) is 5.75 Å². The van der Waals surface area contributed by atoms with Gasteiger partial charge in [-0.05, 0) is 88.6 Å². The number of ether oxygens (including phenoxy) is 2. The average molecular weight is 650 g/mol. The number of aliphatic hydroxyl groups is 1. The molecule has 44 heavy (non-hydrogen) atoms. The Morgan fingerprint density at radius 2 is 1.84 bits per heavy atom. The second kappa shape index (κ2) is 16.4. The van der Waals surface area contributed by atoms with Crippen LogP contribution in [0.4, 0.5) is 5.69 Å². The number of likely N-dealkylation sites (N-methyl/N-ethyl adjacent to an activating group) is 1. The molecule has 1 fully saturated rings. The second-order valence-electron chi connectivity index (χ2n) is 12.8. The molecule has 4 rings (SSSR count). The summed E-state index contributed by atoms with van der Waals surface area (Å²) >= 11 is 1.13. The molecule has 1 aromatic heterocycles. The van der Waals surface area contributed by atoms with Crippen LogP contribution >= 0.6 is 11.3 Å². The van der Waals surface area contributed by atoms with E-state index in [2.05, 4.69) is 23.6 Å². The van der Waals surface area contributed by atoms with Crippen molar-refractivity contribution in [2.75, 3.05) is 44.6 Å². The van der Waals surface area contributed by atoms with Crippen molar-refractivity contribution in [2.24, 2.45) is 11.8 Å². The van der Waals surface area contributed by atoms with Gasteiger partial charge in [0.1, 0.15) is 9.96 Å². The molecule has 0 radical (unpaired) electrons. The Kier molecular flexibility index (Phi) is 12.9. The molecule has 1 aliphatic heterocycles. The van der Waals surface area contributed by atoms with Crippen LogP contribution in [0.25, 0.3) is 0 Å². The molecular weight excluding hydrogens is 599 g/mol. The first-order valence-electron chi connectivity index (χ1n) is 16.2. The molecule has 2 N–H and O–H groups in total. The number of thiophene rings is 1. The number of amides is 1. The van der Waals surface area contributed by atoms with Gasteiger partial charge < -0.3 is 24.4 Å². The molecule has 2 aromatic rings. The highest BCUT2D eigenvalue weighted by Gasteiger charge is 2.31. The fourth-order valence-corrected chi connectivity index (χ4v) is 8.31. The zero-order valence-electron chi connectivity index (χ0n) is 26.7. The number of carbonyl (C=O) groups is 1. The maximum absolute atomic E-state index is 14.3. The SMILES string of the molecule is C[C@@H]1CN([C@@H](C)CO)C(=O)c2cc(NS(=O)(=O)c3cccs3)ccc2O[C@@H](C)CCCCO[C@@H]1CN(C)CC1CCCCC1. The number of hydrogen-bond donors (Lipinski definition) is 2. The number of aliphatic hydroxyl groups excluding tert-OH is 1. The third kappa shape index (κ3) is 9.66. The molecule has 0 saturated heterocycles. The number of nitrogens with zero attached hydrogens (tertiary/aromatic N) is 2. The molecule has 2 heterocycles. The number of nitrogens with one attached hydrogen (secondary N) is 1. The summed E-state index contributed by atoms with van der Waals surface area (Å²) in [7, 11) is -1.64. The van der Waals surface area contributed by atoms with E-state index in [0.29, 0.717) is 18.9 Å². The highest BCUT2D eigenvalue weighted by atomic mass is 32.2. The van der Waals surface area contributed by atoms with Crippen LogP contribution in [0.1, 0.15) is 82.5 Å². The van der Waals surface area contributed by atoms with Crippen LogP contribution in [0.2, 0.25) is 0 Å². The highest BCUT2D eigenvalue weighted by Crippen LogP contribution is 2.30. The first kappa shape index (κ1) is 34.7. The van der Waals surface area contributed by atoms with Gasteiger partial charge in [-0.1, -0.05) is 32.3 Å². The molecular formula is C33H51N3O6S2. The van der Waals surface area contributed by atoms with Crippen LogP contribution in [0.3, 0.4) is 0 Å². The summed E-state index contributed by atoms with van der Waals surface area (Å²) in [6, 6.07) is 7.60. The molecule has 11 heteroatoms. The maximum atomic E-state index is 14.3. The van der Waals surface area contributed by atoms with Gasteiger partial charge in [0.25, 0.3) is 15.9 Å². The average Bonchev–Trinajstić information content (AvgIpc) is 3.55. The summed E-state index contributed by atoms with van der Waals surface area (Å²) in [5.41, 5.74) is 0.540. The van der Waals surface area contributed by atoms with E-state index in [4.69, 9.17) is 9.47 Å². The minimum Gasteiger partial charge on any atom is -0.490 e. The fraction of sp³-hybridized carbons (Fsp3) is 0.667. The van der Waals surface area contributed by atoms with Gasteiger partial charge in [0, 0.05) is 37.8 Å². The van der Waals surface area contributed by atoms with Crippen molar-refractivity contribution in [3.63, 3.8) is 0 Å². The molecule has 4 atom stereocenters. The smallest absolute Gasteiger partial charge is 0.271 e. The molecule has 1 amide bonds. The van der Waals surface area contributed by atoms with E-state index in [1.807, 2.05) is 13.8 Å². The quantitative estimate of drug-likeness (QED) is 0.351. The number of benzene rings is 1. The van der Waals surface area contributed by atoms with Gasteiger partial charge in [-0.25, -0.2) is 8.42 Å². The minimum absolute atomic E-state index is 0.00602. The number of rotatable bonds is 9. The van der Waals surface area contributed by atoms with Gasteiger partial charge in [0.15, 0.2) is 0 Å². The van der Waals surface area contributed by atoms with Crippen LogP contribution in [-0.2, 0) is 14.8 Å². The van der Waals surface area contributed by atoms with Gasteiger partial charge in [-0.2, -0.15) is 0 Å². The normalized spacial score (nSPS) is 23.9. The number of anilines is 1. The number of sulfonamides is 1. The van der Waals surface area contributed by atoms with Crippen LogP contribution < -0.4 is 9.46 Å². The summed E-state index contributed by atoms with van der Waals surface area (Å²) in [5, 5.41) is 11.9. The van der Waals surface area contributed by atoms with E-state index >= 15 is 0 Å². The minimum atomic E-state index is -3.81. The van der Waals surface area contributed by atoms with Crippen LogP contribution in [0.5, 0.6) is 5.75 Å². The van der Waals surface area contributed by atoms with E-state index < -0.39 is 16.1 Å². The lowest BCUT2D eigenvalue weighted by Gasteiger charge is -2.36. The van der Waals surface area contributed by atoms with Gasteiger partial charge in [-0.15, -0.1) is 11.3 Å². The van der Waals surface area contributed by atoms with Gasteiger partial charge in [-0.3, -0.25) is 9.52 Å². The van der Waals surface area contributed by atoms with E-state index in [0.717, 1.165) is 49.6 Å². The zero-order chi connectivity index (χ0) is 31.7. The molecule has 2 aliphatic rings. The van der Waals surface area contributed by atoms with Crippen molar-refractivity contribution in [2.45, 2.75) is 94.6 Å². The van der Waals surface area contributed by atoms with Crippen molar-refractivity contribution >= 4 is 33.0 Å². The van der Waals surface area contributed by atoms with Crippen LogP contribution in [-0.4, -0.2) is 87.4 Å². The second-order valence-corrected chi connectivity index (χ2v) is 15.6. The summed E-state index contributed by atoms with van der Waals surface area (Å²) < 4.78 is 41.5. The van der Waals surface area contributed by atoms with E-state index in [9.17, 15) is 18.3 Å². The summed E-state index contributed by atoms with van der Waals surface area (Å²) in [6.45, 7) is 8.56. The van der Waals surface area contributed by atoms with Crippen LogP contribution in [0, 0.1) is 11.8 Å². The third-order valence-electron chi connectivity index (χ3n) is 8.85. The Morgan fingerprint density at radius 3 is 2.55 bits per heavy atom. The lowest BCUT2D eigenvalue weighted by molar-refractivity contribution is -0.0190. The van der Waals surface area contributed by atoms with Crippen LogP contribution in [0.15, 0.2) is 39.9 Å². The summed E-state index contributed by atoms with van der Waals surface area (Å²) in [5.74, 6) is 0.804. The summed E-state index contributed by atoms with van der Waals surface area (Å²) in [6.07, 6.45) is 8.93. The Bertz CT molecular complexity index is 1280. The highest BCUT2D eigenvalue weighted by molar-refractivity contribution is 7.94. The van der Waals surface area contributed by atoms with E-state index in [-0.39, 0.29) is 46.1 Å². The zero-order valence-corrected chi connectivity index (χ0v) is 28.4. The largest absolute Gasteiger partial charge is 0.490 e. The van der Waals surface area contributed by atoms with E-state index in [1.165, 1.54) is 32.1 Å². The predicted molar refractivity (Wildman–Crippen MR) is 176 cm³/mol. The number of carbonyl (C=O) groups excluding carboxylic acids is 1. The number of fused-ring (bicyclic) bond motifs is 1. The van der Waals surface area contributed by atoms with Gasteiger partial charge >= 0.3 is 0 Å². The van der Waals surface area contributed by atoms with Crippen molar-refractivity contribution < 1.29 is 27.8 Å². The summed E-state index contributed by atoms with van der Waals surface area (Å²) in [4.78, 5) is 18.4. The lowest BCUT2D eigenvalue weighted by atomic mass is 9.89. The Morgan fingerprint density at radius 1 is 1.09 bits per heavy atom.